The minimum atomic E-state index is -3.80. The molecule has 0 fully saturated rings. The Hall–Kier alpha value is -3.07. The van der Waals surface area contributed by atoms with Crippen molar-refractivity contribution in [3.05, 3.63) is 48.0 Å². The van der Waals surface area contributed by atoms with Gasteiger partial charge < -0.3 is 14.8 Å². The van der Waals surface area contributed by atoms with Crippen LogP contribution in [0.5, 0.6) is 11.5 Å². The number of carbonyl (C=O) groups is 1. The fourth-order valence-corrected chi connectivity index (χ4v) is 2.93. The fourth-order valence-electron chi connectivity index (χ4n) is 2.14. The van der Waals surface area contributed by atoms with Crippen molar-refractivity contribution in [2.24, 2.45) is 5.10 Å². The van der Waals surface area contributed by atoms with Crippen molar-refractivity contribution in [3.63, 3.8) is 0 Å². The van der Waals surface area contributed by atoms with E-state index in [4.69, 9.17) is 9.47 Å². The van der Waals surface area contributed by atoms with Gasteiger partial charge in [-0.1, -0.05) is 0 Å². The number of sulfonamides is 1. The first-order valence-corrected chi connectivity index (χ1v) is 8.74. The summed E-state index contributed by atoms with van der Waals surface area (Å²) in [5.74, 6) is 0.986. The molecule has 0 spiro atoms. The average molecular weight is 361 g/mol. The molecular formula is C16H15N3O5S. The molecule has 0 bridgehead atoms. The van der Waals surface area contributed by atoms with Crippen LogP contribution in [0.4, 0.5) is 5.69 Å². The maximum atomic E-state index is 12.2. The molecule has 1 aliphatic rings. The minimum absolute atomic E-state index is 0.0319. The van der Waals surface area contributed by atoms with Crippen LogP contribution in [0.15, 0.2) is 52.5 Å². The Morgan fingerprint density at radius 1 is 1.12 bits per heavy atom. The normalized spacial score (nSPS) is 13.0. The lowest BCUT2D eigenvalue weighted by Crippen LogP contribution is -2.18. The van der Waals surface area contributed by atoms with Gasteiger partial charge in [-0.15, -0.1) is 0 Å². The second-order valence-corrected chi connectivity index (χ2v) is 6.83. The molecule has 25 heavy (non-hydrogen) atoms. The Balaban J connectivity index is 1.68. The van der Waals surface area contributed by atoms with Crippen LogP contribution >= 0.6 is 0 Å². The highest BCUT2D eigenvalue weighted by atomic mass is 32.2. The molecule has 8 nitrogen and oxygen atoms in total. The van der Waals surface area contributed by atoms with Gasteiger partial charge in [-0.3, -0.25) is 4.79 Å². The zero-order valence-corrected chi connectivity index (χ0v) is 14.0. The molecule has 2 aromatic rings. The second kappa shape index (κ2) is 6.81. The van der Waals surface area contributed by atoms with Crippen LogP contribution in [-0.2, 0) is 14.8 Å². The summed E-state index contributed by atoms with van der Waals surface area (Å²) in [4.78, 5) is 13.1. The van der Waals surface area contributed by atoms with Gasteiger partial charge in [0.1, 0.15) is 0 Å². The van der Waals surface area contributed by atoms with Gasteiger partial charge in [-0.2, -0.15) is 13.5 Å². The van der Waals surface area contributed by atoms with E-state index in [1.165, 1.54) is 37.4 Å². The Morgan fingerprint density at radius 3 is 2.56 bits per heavy atom. The van der Waals surface area contributed by atoms with Gasteiger partial charge in [0, 0.05) is 12.6 Å². The van der Waals surface area contributed by atoms with E-state index in [-0.39, 0.29) is 17.6 Å². The van der Waals surface area contributed by atoms with Crippen LogP contribution in [0.2, 0.25) is 0 Å². The molecule has 0 radical (unpaired) electrons. The van der Waals surface area contributed by atoms with Gasteiger partial charge in [-0.05, 0) is 48.0 Å². The lowest BCUT2D eigenvalue weighted by molar-refractivity contribution is -0.114. The van der Waals surface area contributed by atoms with Gasteiger partial charge in [-0.25, -0.2) is 4.83 Å². The summed E-state index contributed by atoms with van der Waals surface area (Å²) in [7, 11) is -3.80. The summed E-state index contributed by atoms with van der Waals surface area (Å²) >= 11 is 0. The van der Waals surface area contributed by atoms with Gasteiger partial charge >= 0.3 is 0 Å². The highest BCUT2D eigenvalue weighted by molar-refractivity contribution is 7.89. The van der Waals surface area contributed by atoms with Crippen LogP contribution in [0.1, 0.15) is 12.5 Å². The largest absolute Gasteiger partial charge is 0.454 e. The quantitative estimate of drug-likeness (QED) is 0.623. The maximum Gasteiger partial charge on any atom is 0.276 e. The molecular weight excluding hydrogens is 346 g/mol. The molecule has 0 saturated heterocycles. The lowest BCUT2D eigenvalue weighted by atomic mass is 10.2. The highest BCUT2D eigenvalue weighted by Crippen LogP contribution is 2.31. The number of carbonyl (C=O) groups excluding carboxylic acids is 1. The number of nitrogens with zero attached hydrogens (tertiary/aromatic N) is 1. The summed E-state index contributed by atoms with van der Waals surface area (Å²) in [6.45, 7) is 1.54. The Kier molecular flexibility index (Phi) is 4.57. The van der Waals surface area contributed by atoms with Crippen molar-refractivity contribution in [1.82, 2.24) is 4.83 Å². The van der Waals surface area contributed by atoms with Crippen molar-refractivity contribution < 1.29 is 22.7 Å². The number of fused-ring (bicyclic) bond motifs is 1. The summed E-state index contributed by atoms with van der Waals surface area (Å²) in [6, 6.07) is 10.9. The zero-order valence-electron chi connectivity index (χ0n) is 13.2. The first kappa shape index (κ1) is 16.8. The van der Waals surface area contributed by atoms with Gasteiger partial charge in [0.25, 0.3) is 10.0 Å². The Bertz CT molecular complexity index is 923. The van der Waals surface area contributed by atoms with Gasteiger partial charge in [0.05, 0.1) is 11.1 Å². The number of rotatable bonds is 5. The van der Waals surface area contributed by atoms with Crippen LogP contribution in [0.3, 0.4) is 0 Å². The third-order valence-electron chi connectivity index (χ3n) is 3.27. The molecule has 0 aromatic heterocycles. The molecule has 0 unspecified atom stereocenters. The number of anilines is 1. The molecule has 1 aliphatic heterocycles. The molecule has 2 aromatic carbocycles. The minimum Gasteiger partial charge on any atom is -0.454 e. The first-order valence-electron chi connectivity index (χ1n) is 7.26. The SMILES string of the molecule is CC(=O)Nc1ccc(S(=O)(=O)NN=Cc2ccc3c(c2)OCO3)cc1. The van der Waals surface area contributed by atoms with Crippen LogP contribution in [0.25, 0.3) is 0 Å². The van der Waals surface area contributed by atoms with Crippen molar-refractivity contribution in [2.75, 3.05) is 12.1 Å². The second-order valence-electron chi connectivity index (χ2n) is 5.17. The number of ether oxygens (including phenoxy) is 2. The number of hydrogen-bond acceptors (Lipinski definition) is 6. The number of hydrazone groups is 1. The van der Waals surface area contributed by atoms with Crippen molar-refractivity contribution in [2.45, 2.75) is 11.8 Å². The average Bonchev–Trinajstić information content (AvgIpc) is 3.02. The van der Waals surface area contributed by atoms with E-state index in [1.807, 2.05) is 0 Å². The van der Waals surface area contributed by atoms with E-state index in [1.54, 1.807) is 18.2 Å². The van der Waals surface area contributed by atoms with Crippen molar-refractivity contribution in [1.29, 1.82) is 0 Å². The van der Waals surface area contributed by atoms with E-state index < -0.39 is 10.0 Å². The monoisotopic (exact) mass is 361 g/mol. The Morgan fingerprint density at radius 2 is 1.84 bits per heavy atom. The zero-order chi connectivity index (χ0) is 17.9. The molecule has 9 heteroatoms. The maximum absolute atomic E-state index is 12.2. The van der Waals surface area contributed by atoms with Crippen LogP contribution in [-0.4, -0.2) is 27.3 Å². The van der Waals surface area contributed by atoms with E-state index in [0.29, 0.717) is 22.7 Å². The van der Waals surface area contributed by atoms with E-state index in [0.717, 1.165) is 0 Å². The topological polar surface area (TPSA) is 106 Å². The molecule has 0 saturated carbocycles. The third kappa shape index (κ3) is 4.07. The highest BCUT2D eigenvalue weighted by Gasteiger charge is 2.14. The van der Waals surface area contributed by atoms with Crippen LogP contribution < -0.4 is 19.6 Å². The van der Waals surface area contributed by atoms with Crippen LogP contribution in [0, 0.1) is 0 Å². The number of amides is 1. The number of nitrogens with one attached hydrogen (secondary N) is 2. The summed E-state index contributed by atoms with van der Waals surface area (Å²) < 4.78 is 34.8. The lowest BCUT2D eigenvalue weighted by Gasteiger charge is -2.05. The van der Waals surface area contributed by atoms with E-state index >= 15 is 0 Å². The standard InChI is InChI=1S/C16H15N3O5S/c1-11(20)18-13-3-5-14(6-4-13)25(21,22)19-17-9-12-2-7-15-16(8-12)24-10-23-15/h2-9,19H,10H2,1H3,(H,18,20). The number of benzene rings is 2. The molecule has 2 N–H and O–H groups in total. The molecule has 3 rings (SSSR count). The van der Waals surface area contributed by atoms with Crippen molar-refractivity contribution in [3.8, 4) is 11.5 Å². The van der Waals surface area contributed by atoms with Gasteiger partial charge in [0.2, 0.25) is 12.7 Å². The molecule has 130 valence electrons. The third-order valence-corrected chi connectivity index (χ3v) is 4.51. The fraction of sp³-hybridized carbons (Fsp3) is 0.125. The van der Waals surface area contributed by atoms with Gasteiger partial charge in [0.15, 0.2) is 11.5 Å². The molecule has 1 heterocycles. The molecule has 1 amide bonds. The summed E-state index contributed by atoms with van der Waals surface area (Å²) in [5.41, 5.74) is 1.17. The predicted molar refractivity (Wildman–Crippen MR) is 91.2 cm³/mol. The first-order chi connectivity index (χ1) is 11.9. The smallest absolute Gasteiger partial charge is 0.276 e. The van der Waals surface area contributed by atoms with Crippen molar-refractivity contribution >= 4 is 27.8 Å². The predicted octanol–water partition coefficient (Wildman–Crippen LogP) is 1.69. The number of hydrogen-bond donors (Lipinski definition) is 2. The molecule has 0 aliphatic carbocycles. The van der Waals surface area contributed by atoms with E-state index in [2.05, 4.69) is 15.2 Å². The summed E-state index contributed by atoms with van der Waals surface area (Å²) in [5, 5.41) is 6.32. The summed E-state index contributed by atoms with van der Waals surface area (Å²) in [6.07, 6.45) is 1.37. The Labute approximate surface area is 144 Å². The van der Waals surface area contributed by atoms with E-state index in [9.17, 15) is 13.2 Å². The molecule has 0 atom stereocenters.